The summed E-state index contributed by atoms with van der Waals surface area (Å²) in [4.78, 5) is 12.2. The Balaban J connectivity index is 3.36. The third-order valence-corrected chi connectivity index (χ3v) is 6.12. The second kappa shape index (κ2) is 2.87. The van der Waals surface area contributed by atoms with E-state index in [4.69, 9.17) is 0 Å². The van der Waals surface area contributed by atoms with E-state index in [1.807, 2.05) is 0 Å². The Hall–Kier alpha value is -0.330. The predicted octanol–water partition coefficient (Wildman–Crippen LogP) is 4.06. The van der Waals surface area contributed by atoms with E-state index in [1.54, 1.807) is 0 Å². The molecule has 0 amide bonds. The largest absolute Gasteiger partial charge is 0.299 e. The Morgan fingerprint density at radius 2 is 1.20 bits per heavy atom. The van der Waals surface area contributed by atoms with Gasteiger partial charge in [0, 0.05) is 11.8 Å². The maximum Gasteiger partial charge on any atom is 0.139 e. The standard InChI is InChI=1S/C14H26O/c1-11(2)9-10(15)12(3,4)14(7,8)13(11,5)6/h9H2,1-8H3. The first-order valence-corrected chi connectivity index (χ1v) is 5.91. The molecule has 15 heavy (non-hydrogen) atoms. The fraction of sp³-hybridized carbons (Fsp3) is 0.929. The monoisotopic (exact) mass is 210 g/mol. The van der Waals surface area contributed by atoms with Gasteiger partial charge in [-0.25, -0.2) is 0 Å². The second-order valence-electron chi connectivity index (χ2n) is 7.36. The lowest BCUT2D eigenvalue weighted by atomic mass is 9.41. The van der Waals surface area contributed by atoms with E-state index in [1.165, 1.54) is 0 Å². The summed E-state index contributed by atoms with van der Waals surface area (Å²) in [6.45, 7) is 17.8. The molecule has 0 aromatic rings. The molecule has 1 nitrogen and oxygen atoms in total. The summed E-state index contributed by atoms with van der Waals surface area (Å²) in [5.74, 6) is 0.414. The molecule has 88 valence electrons. The van der Waals surface area contributed by atoms with E-state index < -0.39 is 0 Å². The molecule has 0 radical (unpaired) electrons. The summed E-state index contributed by atoms with van der Waals surface area (Å²) in [6, 6.07) is 0. The van der Waals surface area contributed by atoms with E-state index in [0.717, 1.165) is 0 Å². The number of hydrogen-bond acceptors (Lipinski definition) is 1. The van der Waals surface area contributed by atoms with Gasteiger partial charge in [0.2, 0.25) is 0 Å². The average molecular weight is 210 g/mol. The predicted molar refractivity (Wildman–Crippen MR) is 64.7 cm³/mol. The van der Waals surface area contributed by atoms with E-state index in [2.05, 4.69) is 55.4 Å². The lowest BCUT2D eigenvalue weighted by Crippen LogP contribution is -2.60. The highest BCUT2D eigenvalue weighted by molar-refractivity contribution is 5.86. The van der Waals surface area contributed by atoms with Crippen LogP contribution in [-0.4, -0.2) is 5.78 Å². The smallest absolute Gasteiger partial charge is 0.139 e. The van der Waals surface area contributed by atoms with Gasteiger partial charge in [-0.2, -0.15) is 0 Å². The molecule has 1 saturated carbocycles. The number of ketones is 1. The van der Waals surface area contributed by atoms with Crippen LogP contribution in [0.5, 0.6) is 0 Å². The lowest BCUT2D eigenvalue weighted by Gasteiger charge is -2.62. The zero-order valence-corrected chi connectivity index (χ0v) is 11.6. The molecule has 0 aromatic carbocycles. The van der Waals surface area contributed by atoms with E-state index in [9.17, 15) is 4.79 Å². The summed E-state index contributed by atoms with van der Waals surface area (Å²) in [5.41, 5.74) is 0.0609. The van der Waals surface area contributed by atoms with E-state index in [0.29, 0.717) is 12.2 Å². The van der Waals surface area contributed by atoms with Gasteiger partial charge in [-0.1, -0.05) is 55.4 Å². The molecule has 0 unspecified atom stereocenters. The van der Waals surface area contributed by atoms with E-state index in [-0.39, 0.29) is 21.7 Å². The van der Waals surface area contributed by atoms with Gasteiger partial charge in [0.25, 0.3) is 0 Å². The maximum absolute atomic E-state index is 12.2. The van der Waals surface area contributed by atoms with Crippen molar-refractivity contribution in [3.63, 3.8) is 0 Å². The Bertz CT molecular complexity index is 292. The summed E-state index contributed by atoms with van der Waals surface area (Å²) in [6.07, 6.45) is 0.705. The molecular weight excluding hydrogens is 184 g/mol. The lowest BCUT2D eigenvalue weighted by molar-refractivity contribution is -0.170. The number of hydrogen-bond donors (Lipinski definition) is 0. The van der Waals surface area contributed by atoms with Gasteiger partial charge in [0.05, 0.1) is 0 Å². The van der Waals surface area contributed by atoms with Gasteiger partial charge in [-0.05, 0) is 16.2 Å². The molecule has 0 aromatic heterocycles. The van der Waals surface area contributed by atoms with Gasteiger partial charge < -0.3 is 0 Å². The van der Waals surface area contributed by atoms with Crippen LogP contribution in [0.1, 0.15) is 61.8 Å². The van der Waals surface area contributed by atoms with Crippen molar-refractivity contribution in [1.29, 1.82) is 0 Å². The van der Waals surface area contributed by atoms with Crippen LogP contribution >= 0.6 is 0 Å². The van der Waals surface area contributed by atoms with Gasteiger partial charge in [-0.3, -0.25) is 4.79 Å². The van der Waals surface area contributed by atoms with Crippen molar-refractivity contribution in [3.05, 3.63) is 0 Å². The molecule has 0 saturated heterocycles. The summed E-state index contributed by atoms with van der Waals surface area (Å²) >= 11 is 0. The first kappa shape index (κ1) is 12.7. The molecule has 1 aliphatic rings. The van der Waals surface area contributed by atoms with Gasteiger partial charge >= 0.3 is 0 Å². The summed E-state index contributed by atoms with van der Waals surface area (Å²) in [7, 11) is 0. The third kappa shape index (κ3) is 1.31. The van der Waals surface area contributed by atoms with Gasteiger partial charge in [-0.15, -0.1) is 0 Å². The molecule has 0 aliphatic heterocycles. The third-order valence-electron chi connectivity index (χ3n) is 6.12. The number of carbonyl (C=O) groups is 1. The normalized spacial score (nSPS) is 31.3. The Morgan fingerprint density at radius 3 is 1.60 bits per heavy atom. The zero-order valence-electron chi connectivity index (χ0n) is 11.6. The molecule has 0 N–H and O–H groups in total. The molecular formula is C14H26O. The van der Waals surface area contributed by atoms with Crippen LogP contribution in [0.4, 0.5) is 0 Å². The highest BCUT2D eigenvalue weighted by Crippen LogP contribution is 2.64. The number of carbonyl (C=O) groups excluding carboxylic acids is 1. The maximum atomic E-state index is 12.2. The van der Waals surface area contributed by atoms with Crippen LogP contribution in [0.15, 0.2) is 0 Å². The van der Waals surface area contributed by atoms with Crippen LogP contribution in [0.2, 0.25) is 0 Å². The molecule has 0 atom stereocenters. The van der Waals surface area contributed by atoms with Crippen molar-refractivity contribution in [1.82, 2.24) is 0 Å². The van der Waals surface area contributed by atoms with E-state index >= 15 is 0 Å². The molecule has 0 spiro atoms. The van der Waals surface area contributed by atoms with Crippen molar-refractivity contribution in [2.75, 3.05) is 0 Å². The molecule has 1 aliphatic carbocycles. The second-order valence-corrected chi connectivity index (χ2v) is 7.36. The fourth-order valence-corrected chi connectivity index (χ4v) is 2.82. The van der Waals surface area contributed by atoms with Crippen molar-refractivity contribution in [3.8, 4) is 0 Å². The molecule has 1 fully saturated rings. The SMILES string of the molecule is CC1(C)CC(=O)C(C)(C)C(C)(C)C1(C)C. The van der Waals surface area contributed by atoms with Gasteiger partial charge in [0.15, 0.2) is 0 Å². The minimum absolute atomic E-state index is 0.0266. The van der Waals surface area contributed by atoms with Crippen LogP contribution in [0.25, 0.3) is 0 Å². The van der Waals surface area contributed by atoms with Crippen molar-refractivity contribution in [2.24, 2.45) is 21.7 Å². The number of rotatable bonds is 0. The van der Waals surface area contributed by atoms with Crippen molar-refractivity contribution >= 4 is 5.78 Å². The zero-order chi connectivity index (χ0) is 12.3. The average Bonchev–Trinajstić information content (AvgIpc) is 2.00. The minimum atomic E-state index is -0.216. The molecule has 0 heterocycles. The van der Waals surface area contributed by atoms with Crippen molar-refractivity contribution < 1.29 is 4.79 Å². The Kier molecular flexibility index (Phi) is 2.43. The Morgan fingerprint density at radius 1 is 0.800 bits per heavy atom. The summed E-state index contributed by atoms with van der Waals surface area (Å²) in [5, 5.41) is 0. The van der Waals surface area contributed by atoms with Crippen LogP contribution < -0.4 is 0 Å². The van der Waals surface area contributed by atoms with Crippen LogP contribution in [0, 0.1) is 21.7 Å². The fourth-order valence-electron chi connectivity index (χ4n) is 2.82. The molecule has 1 rings (SSSR count). The van der Waals surface area contributed by atoms with Crippen LogP contribution in [-0.2, 0) is 4.79 Å². The summed E-state index contributed by atoms with van der Waals surface area (Å²) < 4.78 is 0. The van der Waals surface area contributed by atoms with Gasteiger partial charge in [0.1, 0.15) is 5.78 Å². The first-order chi connectivity index (χ1) is 6.38. The first-order valence-electron chi connectivity index (χ1n) is 5.91. The Labute approximate surface area is 94.6 Å². The van der Waals surface area contributed by atoms with Crippen molar-refractivity contribution in [2.45, 2.75) is 61.8 Å². The van der Waals surface area contributed by atoms with Crippen LogP contribution in [0.3, 0.4) is 0 Å². The molecule has 1 heteroatoms. The highest BCUT2D eigenvalue weighted by atomic mass is 16.1. The minimum Gasteiger partial charge on any atom is -0.299 e. The topological polar surface area (TPSA) is 17.1 Å². The number of Topliss-reactive ketones (excluding diaryl/α,β-unsaturated/α-hetero) is 1. The highest BCUT2D eigenvalue weighted by Gasteiger charge is 2.61. The quantitative estimate of drug-likeness (QED) is 0.589. The molecule has 0 bridgehead atoms.